The summed E-state index contributed by atoms with van der Waals surface area (Å²) < 4.78 is 10.1. The van der Waals surface area contributed by atoms with Crippen LogP contribution in [0.2, 0.25) is 0 Å². The first kappa shape index (κ1) is 23.6. The van der Waals surface area contributed by atoms with E-state index in [0.717, 1.165) is 11.3 Å². The van der Waals surface area contributed by atoms with E-state index in [2.05, 4.69) is 5.32 Å². The molecule has 0 bridgehead atoms. The molecule has 1 aromatic heterocycles. The molecule has 156 valence electrons. The van der Waals surface area contributed by atoms with Gasteiger partial charge in [-0.3, -0.25) is 14.5 Å². The number of rotatable bonds is 9. The predicted molar refractivity (Wildman–Crippen MR) is 106 cm³/mol. The van der Waals surface area contributed by atoms with Crippen LogP contribution in [-0.4, -0.2) is 81.0 Å². The number of hydrogen-bond donors (Lipinski definition) is 1. The standard InChI is InChI=1S/C18H27N3O6S/c1-7-26-17(24)14-11(3)15(18(25)27-8-2)28-16(14)19-12(22)9-21(6)10-13(23)20(4)5/h7-10H2,1-6H3,(H,19,22). The van der Waals surface area contributed by atoms with Crippen LogP contribution in [-0.2, 0) is 19.1 Å². The fourth-order valence-electron chi connectivity index (χ4n) is 2.28. The summed E-state index contributed by atoms with van der Waals surface area (Å²) in [5.74, 6) is -1.75. The summed E-state index contributed by atoms with van der Waals surface area (Å²) >= 11 is 0.962. The largest absolute Gasteiger partial charge is 0.462 e. The molecule has 0 spiro atoms. The molecule has 0 aliphatic carbocycles. The molecular weight excluding hydrogens is 386 g/mol. The lowest BCUT2D eigenvalue weighted by molar-refractivity contribution is -0.130. The summed E-state index contributed by atoms with van der Waals surface area (Å²) in [6.07, 6.45) is 0. The van der Waals surface area contributed by atoms with Crippen molar-refractivity contribution in [1.29, 1.82) is 0 Å². The van der Waals surface area contributed by atoms with Gasteiger partial charge in [0.1, 0.15) is 9.88 Å². The molecular formula is C18H27N3O6S. The molecule has 0 fully saturated rings. The van der Waals surface area contributed by atoms with Crippen molar-refractivity contribution < 1.29 is 28.7 Å². The van der Waals surface area contributed by atoms with E-state index in [-0.39, 0.29) is 47.7 Å². The van der Waals surface area contributed by atoms with E-state index >= 15 is 0 Å². The minimum absolute atomic E-state index is 0.0620. The third kappa shape index (κ3) is 6.31. The van der Waals surface area contributed by atoms with Crippen LogP contribution in [0.4, 0.5) is 5.00 Å². The Balaban J connectivity index is 3.02. The number of anilines is 1. The van der Waals surface area contributed by atoms with E-state index in [4.69, 9.17) is 9.47 Å². The van der Waals surface area contributed by atoms with Crippen LogP contribution in [0.3, 0.4) is 0 Å². The molecule has 0 aliphatic heterocycles. The Hall–Kier alpha value is -2.46. The van der Waals surface area contributed by atoms with Crippen molar-refractivity contribution in [3.05, 3.63) is 16.0 Å². The molecule has 1 rings (SSSR count). The van der Waals surface area contributed by atoms with Crippen LogP contribution in [0.15, 0.2) is 0 Å². The van der Waals surface area contributed by atoms with Gasteiger partial charge in [0.2, 0.25) is 11.8 Å². The van der Waals surface area contributed by atoms with Gasteiger partial charge >= 0.3 is 11.9 Å². The van der Waals surface area contributed by atoms with Crippen LogP contribution in [0.25, 0.3) is 0 Å². The van der Waals surface area contributed by atoms with Crippen LogP contribution >= 0.6 is 11.3 Å². The van der Waals surface area contributed by atoms with Crippen molar-refractivity contribution in [1.82, 2.24) is 9.80 Å². The van der Waals surface area contributed by atoms with Gasteiger partial charge in [-0.25, -0.2) is 9.59 Å². The molecule has 2 amide bonds. The lowest BCUT2D eigenvalue weighted by Gasteiger charge is -2.18. The maximum Gasteiger partial charge on any atom is 0.348 e. The number of ether oxygens (including phenoxy) is 2. The van der Waals surface area contributed by atoms with Gasteiger partial charge in [-0.05, 0) is 33.4 Å². The van der Waals surface area contributed by atoms with E-state index in [1.165, 1.54) is 4.90 Å². The van der Waals surface area contributed by atoms with Gasteiger partial charge in [0, 0.05) is 14.1 Å². The number of amides is 2. The minimum Gasteiger partial charge on any atom is -0.462 e. The second-order valence-corrected chi connectivity index (χ2v) is 7.23. The van der Waals surface area contributed by atoms with Crippen LogP contribution in [0, 0.1) is 6.92 Å². The zero-order chi connectivity index (χ0) is 21.4. The number of thiophene rings is 1. The number of nitrogens with one attached hydrogen (secondary N) is 1. The zero-order valence-electron chi connectivity index (χ0n) is 17.1. The van der Waals surface area contributed by atoms with E-state index in [1.54, 1.807) is 46.8 Å². The van der Waals surface area contributed by atoms with Crippen molar-refractivity contribution in [2.75, 3.05) is 52.8 Å². The van der Waals surface area contributed by atoms with Gasteiger partial charge < -0.3 is 19.7 Å². The summed E-state index contributed by atoms with van der Waals surface area (Å²) in [7, 11) is 4.90. The topological polar surface area (TPSA) is 105 Å². The van der Waals surface area contributed by atoms with Crippen LogP contribution < -0.4 is 5.32 Å². The minimum atomic E-state index is -0.627. The first-order valence-electron chi connectivity index (χ1n) is 8.78. The molecule has 0 saturated carbocycles. The lowest BCUT2D eigenvalue weighted by atomic mass is 10.1. The van der Waals surface area contributed by atoms with Crippen molar-refractivity contribution >= 4 is 40.1 Å². The van der Waals surface area contributed by atoms with Gasteiger partial charge in [0.25, 0.3) is 0 Å². The molecule has 1 N–H and O–H groups in total. The van der Waals surface area contributed by atoms with Crippen molar-refractivity contribution in [3.8, 4) is 0 Å². The zero-order valence-corrected chi connectivity index (χ0v) is 17.9. The highest BCUT2D eigenvalue weighted by molar-refractivity contribution is 7.18. The first-order chi connectivity index (χ1) is 13.1. The van der Waals surface area contributed by atoms with E-state index in [1.807, 2.05) is 0 Å². The quantitative estimate of drug-likeness (QED) is 0.610. The van der Waals surface area contributed by atoms with Crippen molar-refractivity contribution in [2.24, 2.45) is 0 Å². The summed E-state index contributed by atoms with van der Waals surface area (Å²) in [5, 5.41) is 2.86. The maximum absolute atomic E-state index is 12.4. The summed E-state index contributed by atoms with van der Waals surface area (Å²) in [6, 6.07) is 0. The SMILES string of the molecule is CCOC(=O)c1sc(NC(=O)CN(C)CC(=O)N(C)C)c(C(=O)OCC)c1C. The Kier molecular flexibility index (Phi) is 9.07. The highest BCUT2D eigenvalue weighted by atomic mass is 32.1. The monoisotopic (exact) mass is 413 g/mol. The van der Waals surface area contributed by atoms with Gasteiger partial charge in [-0.2, -0.15) is 0 Å². The van der Waals surface area contributed by atoms with E-state index < -0.39 is 17.8 Å². The second-order valence-electron chi connectivity index (χ2n) is 6.21. The van der Waals surface area contributed by atoms with Gasteiger partial charge in [0.15, 0.2) is 0 Å². The Labute approximate surface area is 168 Å². The van der Waals surface area contributed by atoms with Crippen LogP contribution in [0.5, 0.6) is 0 Å². The van der Waals surface area contributed by atoms with E-state index in [9.17, 15) is 19.2 Å². The summed E-state index contributed by atoms with van der Waals surface area (Å²) in [4.78, 5) is 51.8. The molecule has 0 aliphatic rings. The normalized spacial score (nSPS) is 10.5. The first-order valence-corrected chi connectivity index (χ1v) is 9.60. The second kappa shape index (κ2) is 10.8. The molecule has 28 heavy (non-hydrogen) atoms. The Morgan fingerprint density at radius 3 is 2.07 bits per heavy atom. The third-order valence-corrected chi connectivity index (χ3v) is 4.84. The van der Waals surface area contributed by atoms with Gasteiger partial charge in [0.05, 0.1) is 31.9 Å². The summed E-state index contributed by atoms with van der Waals surface area (Å²) in [5.41, 5.74) is 0.531. The van der Waals surface area contributed by atoms with Crippen molar-refractivity contribution in [2.45, 2.75) is 20.8 Å². The molecule has 0 saturated heterocycles. The smallest absolute Gasteiger partial charge is 0.348 e. The van der Waals surface area contributed by atoms with E-state index in [0.29, 0.717) is 5.56 Å². The Morgan fingerprint density at radius 2 is 1.54 bits per heavy atom. The Bertz CT molecular complexity index is 744. The molecule has 0 aromatic carbocycles. The summed E-state index contributed by atoms with van der Waals surface area (Å²) in [6.45, 7) is 5.31. The number of carbonyl (C=O) groups is 4. The number of nitrogens with zero attached hydrogens (tertiary/aromatic N) is 2. The van der Waals surface area contributed by atoms with Crippen LogP contribution in [0.1, 0.15) is 39.4 Å². The van der Waals surface area contributed by atoms with Crippen molar-refractivity contribution in [3.63, 3.8) is 0 Å². The molecule has 0 radical (unpaired) electrons. The number of hydrogen-bond acceptors (Lipinski definition) is 8. The molecule has 1 aromatic rings. The highest BCUT2D eigenvalue weighted by Crippen LogP contribution is 2.34. The molecule has 0 unspecified atom stereocenters. The molecule has 0 atom stereocenters. The maximum atomic E-state index is 12.4. The average Bonchev–Trinajstić information content (AvgIpc) is 2.90. The number of carbonyl (C=O) groups excluding carboxylic acids is 4. The fourth-order valence-corrected chi connectivity index (χ4v) is 3.39. The lowest BCUT2D eigenvalue weighted by Crippen LogP contribution is -2.38. The predicted octanol–water partition coefficient (Wildman–Crippen LogP) is 1.37. The fraction of sp³-hybridized carbons (Fsp3) is 0.556. The number of esters is 2. The van der Waals surface area contributed by atoms with Gasteiger partial charge in [-0.15, -0.1) is 11.3 Å². The third-order valence-electron chi connectivity index (χ3n) is 3.66. The molecule has 9 nitrogen and oxygen atoms in total. The Morgan fingerprint density at radius 1 is 0.964 bits per heavy atom. The number of likely N-dealkylation sites (N-methyl/N-ethyl adjacent to an activating group) is 2. The molecule has 1 heterocycles. The average molecular weight is 413 g/mol. The van der Waals surface area contributed by atoms with Gasteiger partial charge in [-0.1, -0.05) is 0 Å². The molecule has 10 heteroatoms. The highest BCUT2D eigenvalue weighted by Gasteiger charge is 2.27.